The molecular formula is C26H19N3O3. The molecular weight excluding hydrogens is 402 g/mol. The van der Waals surface area contributed by atoms with Crippen molar-refractivity contribution in [1.82, 2.24) is 9.55 Å². The molecule has 6 heteroatoms. The lowest BCUT2D eigenvalue weighted by Gasteiger charge is -2.11. The Morgan fingerprint density at radius 3 is 2.28 bits per heavy atom. The molecule has 0 radical (unpaired) electrons. The first kappa shape index (κ1) is 19.5. The van der Waals surface area contributed by atoms with Gasteiger partial charge < -0.3 is 5.11 Å². The summed E-state index contributed by atoms with van der Waals surface area (Å²) in [5, 5.41) is 10.9. The van der Waals surface area contributed by atoms with Gasteiger partial charge in [-0.1, -0.05) is 78.9 Å². The third-order valence-corrected chi connectivity index (χ3v) is 5.41. The van der Waals surface area contributed by atoms with E-state index in [1.54, 1.807) is 6.08 Å². The zero-order valence-corrected chi connectivity index (χ0v) is 17.0. The number of nitrogens with one attached hydrogen (secondary N) is 1. The van der Waals surface area contributed by atoms with E-state index in [4.69, 9.17) is 4.99 Å². The fourth-order valence-corrected chi connectivity index (χ4v) is 3.83. The van der Waals surface area contributed by atoms with Gasteiger partial charge in [-0.15, -0.1) is 0 Å². The van der Waals surface area contributed by atoms with Crippen LogP contribution >= 0.6 is 0 Å². The summed E-state index contributed by atoms with van der Waals surface area (Å²) in [6.45, 7) is 0.134. The van der Waals surface area contributed by atoms with Gasteiger partial charge in [0.05, 0.1) is 17.9 Å². The topological polar surface area (TPSA) is 87.5 Å². The highest BCUT2D eigenvalue weighted by molar-refractivity contribution is 6.39. The average molecular weight is 421 g/mol. The fourth-order valence-electron chi connectivity index (χ4n) is 3.83. The molecule has 0 aliphatic carbocycles. The fraction of sp³-hybridized carbons (Fsp3) is 0.0385. The molecule has 2 heterocycles. The minimum absolute atomic E-state index is 0.0101. The normalized spacial score (nSPS) is 13.8. The molecule has 0 unspecified atom stereocenters. The van der Waals surface area contributed by atoms with E-state index in [1.807, 2.05) is 84.9 Å². The van der Waals surface area contributed by atoms with Gasteiger partial charge in [0.2, 0.25) is 5.88 Å². The molecule has 0 fully saturated rings. The van der Waals surface area contributed by atoms with Crippen LogP contribution < -0.4 is 11.2 Å². The van der Waals surface area contributed by atoms with Crippen molar-refractivity contribution in [2.75, 3.05) is 0 Å². The van der Waals surface area contributed by atoms with E-state index in [2.05, 4.69) is 4.98 Å². The maximum absolute atomic E-state index is 12.7. The Morgan fingerprint density at radius 2 is 1.53 bits per heavy atom. The molecule has 0 saturated carbocycles. The van der Waals surface area contributed by atoms with Gasteiger partial charge in [-0.25, -0.2) is 9.79 Å². The number of nitrogens with zero attached hydrogens (tertiary/aromatic N) is 2. The lowest BCUT2D eigenvalue weighted by Crippen LogP contribution is -2.31. The van der Waals surface area contributed by atoms with Gasteiger partial charge >= 0.3 is 5.69 Å². The molecule has 3 aromatic carbocycles. The van der Waals surface area contributed by atoms with Crippen LogP contribution in [-0.2, 0) is 6.54 Å². The monoisotopic (exact) mass is 421 g/mol. The molecule has 0 saturated heterocycles. The predicted octanol–water partition coefficient (Wildman–Crippen LogP) is 3.97. The maximum atomic E-state index is 12.7. The molecule has 5 rings (SSSR count). The molecule has 1 aromatic heterocycles. The van der Waals surface area contributed by atoms with Crippen molar-refractivity contribution in [2.24, 2.45) is 4.99 Å². The van der Waals surface area contributed by atoms with E-state index in [0.717, 1.165) is 26.9 Å². The molecule has 156 valence electrons. The number of para-hydroxylation sites is 1. The van der Waals surface area contributed by atoms with Crippen LogP contribution in [0.3, 0.4) is 0 Å². The van der Waals surface area contributed by atoms with Crippen LogP contribution in [0.25, 0.3) is 11.6 Å². The average Bonchev–Trinajstić information content (AvgIpc) is 3.19. The number of H-pyrrole nitrogens is 1. The minimum atomic E-state index is -0.665. The Bertz CT molecular complexity index is 1480. The number of fused-ring (bicyclic) bond motifs is 1. The number of benzene rings is 3. The smallest absolute Gasteiger partial charge is 0.331 e. The summed E-state index contributed by atoms with van der Waals surface area (Å²) in [5.41, 5.74) is 3.46. The summed E-state index contributed by atoms with van der Waals surface area (Å²) in [7, 11) is 0. The number of allylic oxidation sites excluding steroid dienone is 1. The third kappa shape index (κ3) is 3.48. The Morgan fingerprint density at radius 1 is 0.875 bits per heavy atom. The Hall–Kier alpha value is -4.45. The largest absolute Gasteiger partial charge is 0.494 e. The summed E-state index contributed by atoms with van der Waals surface area (Å²) in [6, 6.07) is 26.5. The summed E-state index contributed by atoms with van der Waals surface area (Å²) in [4.78, 5) is 32.2. The number of rotatable bonds is 4. The molecule has 0 bridgehead atoms. The first-order valence-corrected chi connectivity index (χ1v) is 10.2. The summed E-state index contributed by atoms with van der Waals surface area (Å²) >= 11 is 0. The van der Waals surface area contributed by atoms with Crippen molar-refractivity contribution < 1.29 is 5.11 Å². The second kappa shape index (κ2) is 8.00. The van der Waals surface area contributed by atoms with Gasteiger partial charge in [-0.2, -0.15) is 0 Å². The van der Waals surface area contributed by atoms with Crippen LogP contribution in [0.15, 0.2) is 99.5 Å². The minimum Gasteiger partial charge on any atom is -0.494 e. The van der Waals surface area contributed by atoms with Gasteiger partial charge in [0.25, 0.3) is 5.56 Å². The molecule has 6 nitrogen and oxygen atoms in total. The maximum Gasteiger partial charge on any atom is 0.331 e. The lowest BCUT2D eigenvalue weighted by atomic mass is 9.96. The van der Waals surface area contributed by atoms with E-state index in [9.17, 15) is 14.7 Å². The highest BCUT2D eigenvalue weighted by Crippen LogP contribution is 2.38. The zero-order valence-electron chi connectivity index (χ0n) is 17.0. The number of hydrogen-bond donors (Lipinski definition) is 2. The quantitative estimate of drug-likeness (QED) is 0.523. The highest BCUT2D eigenvalue weighted by Gasteiger charge is 2.23. The third-order valence-electron chi connectivity index (χ3n) is 5.41. The number of aromatic nitrogens is 2. The van der Waals surface area contributed by atoms with E-state index in [1.165, 1.54) is 0 Å². The van der Waals surface area contributed by atoms with Gasteiger partial charge in [0.1, 0.15) is 5.56 Å². The van der Waals surface area contributed by atoms with Crippen molar-refractivity contribution in [1.29, 1.82) is 0 Å². The second-order valence-electron chi connectivity index (χ2n) is 7.47. The van der Waals surface area contributed by atoms with Crippen molar-refractivity contribution in [3.8, 4) is 5.88 Å². The predicted molar refractivity (Wildman–Crippen MR) is 125 cm³/mol. The van der Waals surface area contributed by atoms with Crippen LogP contribution in [0.1, 0.15) is 22.3 Å². The van der Waals surface area contributed by atoms with Crippen LogP contribution in [0.2, 0.25) is 0 Å². The molecule has 0 amide bonds. The number of hydrogen-bond acceptors (Lipinski definition) is 4. The van der Waals surface area contributed by atoms with E-state index < -0.39 is 11.2 Å². The molecule has 0 spiro atoms. The number of aliphatic imine (C=N–C) groups is 1. The number of aromatic hydroxyl groups is 1. The SMILES string of the molecule is O=c1[nH]c(=O)n(Cc2ccccc2)c(O)c1/C=C1/C(c2ccccc2)=Nc2ccccc21. The van der Waals surface area contributed by atoms with E-state index in [0.29, 0.717) is 11.3 Å². The standard InChI is InChI=1S/C26H19N3O3/c30-24-21(25(31)29(26(32)28-24)16-17-9-3-1-4-10-17)15-20-19-13-7-8-14-22(19)27-23(20)18-11-5-2-6-12-18/h1-15,31H,16H2,(H,28,30,32)/b20-15+. The molecule has 32 heavy (non-hydrogen) atoms. The molecule has 1 aliphatic heterocycles. The summed E-state index contributed by atoms with van der Waals surface area (Å²) in [5.74, 6) is -0.383. The van der Waals surface area contributed by atoms with Gasteiger partial charge in [-0.05, 0) is 17.7 Å². The van der Waals surface area contributed by atoms with Crippen LogP contribution in [0.5, 0.6) is 5.88 Å². The second-order valence-corrected chi connectivity index (χ2v) is 7.47. The first-order chi connectivity index (χ1) is 15.6. The summed E-state index contributed by atoms with van der Waals surface area (Å²) in [6.07, 6.45) is 1.60. The first-order valence-electron chi connectivity index (χ1n) is 10.2. The molecule has 4 aromatic rings. The van der Waals surface area contributed by atoms with Crippen molar-refractivity contribution in [3.63, 3.8) is 0 Å². The highest BCUT2D eigenvalue weighted by atomic mass is 16.3. The molecule has 0 atom stereocenters. The number of aromatic amines is 1. The van der Waals surface area contributed by atoms with Crippen LogP contribution in [-0.4, -0.2) is 20.4 Å². The van der Waals surface area contributed by atoms with Gasteiger partial charge in [0.15, 0.2) is 0 Å². The Kier molecular flexibility index (Phi) is 4.88. The lowest BCUT2D eigenvalue weighted by molar-refractivity contribution is 0.408. The van der Waals surface area contributed by atoms with Crippen molar-refractivity contribution in [2.45, 2.75) is 6.54 Å². The van der Waals surface area contributed by atoms with Crippen molar-refractivity contribution in [3.05, 3.63) is 128 Å². The van der Waals surface area contributed by atoms with Crippen molar-refractivity contribution >= 4 is 23.0 Å². The van der Waals surface area contributed by atoms with Crippen LogP contribution in [0.4, 0.5) is 5.69 Å². The Labute approximate surface area is 183 Å². The van der Waals surface area contributed by atoms with Crippen LogP contribution in [0, 0.1) is 0 Å². The van der Waals surface area contributed by atoms with Gasteiger partial charge in [-0.3, -0.25) is 14.3 Å². The molecule has 2 N–H and O–H groups in total. The van der Waals surface area contributed by atoms with E-state index >= 15 is 0 Å². The van der Waals surface area contributed by atoms with E-state index in [-0.39, 0.29) is 18.0 Å². The Balaban J connectivity index is 1.68. The van der Waals surface area contributed by atoms with Gasteiger partial charge in [0, 0.05) is 16.7 Å². The molecule has 1 aliphatic rings. The summed E-state index contributed by atoms with van der Waals surface area (Å²) < 4.78 is 1.16. The zero-order chi connectivity index (χ0) is 22.1.